The first-order chi connectivity index (χ1) is 16.0. The lowest BCUT2D eigenvalue weighted by Gasteiger charge is -2.27. The molecular weight excluding hydrogens is 507 g/mol. The van der Waals surface area contributed by atoms with Crippen LogP contribution in [0.4, 0.5) is 0 Å². The van der Waals surface area contributed by atoms with Crippen molar-refractivity contribution in [3.63, 3.8) is 0 Å². The Bertz CT molecular complexity index is 1260. The van der Waals surface area contributed by atoms with Crippen LogP contribution in [0.15, 0.2) is 52.9 Å². The van der Waals surface area contributed by atoms with E-state index in [4.69, 9.17) is 33.0 Å². The quantitative estimate of drug-likeness (QED) is 0.530. The smallest absolute Gasteiger partial charge is 0.303 e. The summed E-state index contributed by atoms with van der Waals surface area (Å²) in [6, 6.07) is 8.17. The molecule has 1 heterocycles. The number of methoxy groups -OCH3 is 1. The van der Waals surface area contributed by atoms with E-state index in [1.165, 1.54) is 43.5 Å². The lowest BCUT2D eigenvalue weighted by Crippen LogP contribution is -2.49. The van der Waals surface area contributed by atoms with E-state index >= 15 is 0 Å². The number of nitrogens with zero attached hydrogens (tertiary/aromatic N) is 1. The monoisotopic (exact) mass is 526 g/mol. The summed E-state index contributed by atoms with van der Waals surface area (Å²) in [7, 11) is -3.14. The average Bonchev–Trinajstić information content (AvgIpc) is 2.89. The van der Waals surface area contributed by atoms with Gasteiger partial charge in [-0.1, -0.05) is 23.2 Å². The molecule has 1 atom stereocenters. The zero-order chi connectivity index (χ0) is 25.0. The zero-order valence-electron chi connectivity index (χ0n) is 17.8. The molecule has 0 aromatic heterocycles. The van der Waals surface area contributed by atoms with Crippen LogP contribution in [0.1, 0.15) is 18.4 Å². The second-order valence-corrected chi connectivity index (χ2v) is 9.97. The highest BCUT2D eigenvalue weighted by Gasteiger charge is 2.43. The molecule has 0 bridgehead atoms. The van der Waals surface area contributed by atoms with E-state index in [1.54, 1.807) is 12.1 Å². The molecule has 1 saturated heterocycles. The highest BCUT2D eigenvalue weighted by atomic mass is 35.5. The van der Waals surface area contributed by atoms with Gasteiger partial charge in [0.25, 0.3) is 15.9 Å². The molecule has 9 nitrogen and oxygen atoms in total. The number of hydrogen-bond acceptors (Lipinski definition) is 6. The number of carbonyl (C=O) groups excluding carboxylic acids is 2. The summed E-state index contributed by atoms with van der Waals surface area (Å²) in [5, 5.41) is 12.2. The Hall–Kier alpha value is -3.08. The molecule has 2 aromatic rings. The van der Waals surface area contributed by atoms with Crippen LogP contribution in [0.25, 0.3) is 6.08 Å². The molecule has 34 heavy (non-hydrogen) atoms. The third-order valence-electron chi connectivity index (χ3n) is 5.04. The van der Waals surface area contributed by atoms with Crippen LogP contribution < -0.4 is 10.1 Å². The molecule has 0 spiro atoms. The molecule has 2 N–H and O–H groups in total. The van der Waals surface area contributed by atoms with Gasteiger partial charge in [0, 0.05) is 34.1 Å². The van der Waals surface area contributed by atoms with Crippen LogP contribution in [-0.2, 0) is 24.4 Å². The van der Waals surface area contributed by atoms with Gasteiger partial charge in [-0.25, -0.2) is 12.7 Å². The van der Waals surface area contributed by atoms with E-state index in [9.17, 15) is 22.8 Å². The van der Waals surface area contributed by atoms with Gasteiger partial charge in [0.15, 0.2) is 0 Å². The minimum atomic E-state index is -4.56. The van der Waals surface area contributed by atoms with E-state index < -0.39 is 46.7 Å². The Balaban J connectivity index is 2.16. The van der Waals surface area contributed by atoms with Crippen molar-refractivity contribution < 1.29 is 32.6 Å². The summed E-state index contributed by atoms with van der Waals surface area (Å²) < 4.78 is 32.7. The summed E-state index contributed by atoms with van der Waals surface area (Å²) in [6.45, 7) is -0.288. The predicted molar refractivity (Wildman–Crippen MR) is 125 cm³/mol. The molecule has 2 aromatic carbocycles. The summed E-state index contributed by atoms with van der Waals surface area (Å²) in [5.74, 6) is -2.65. The number of carbonyl (C=O) groups is 3. The molecule has 2 amide bonds. The van der Waals surface area contributed by atoms with Crippen LogP contribution >= 0.6 is 23.2 Å². The number of carboxylic acid groups (broad SMARTS) is 1. The Kier molecular flexibility index (Phi) is 7.86. The number of aliphatic carboxylic acids is 1. The number of benzene rings is 2. The van der Waals surface area contributed by atoms with Gasteiger partial charge in [-0.2, -0.15) is 0 Å². The van der Waals surface area contributed by atoms with E-state index in [0.29, 0.717) is 20.6 Å². The van der Waals surface area contributed by atoms with Crippen molar-refractivity contribution in [2.45, 2.75) is 23.8 Å². The van der Waals surface area contributed by atoms with Gasteiger partial charge in [0.2, 0.25) is 5.91 Å². The normalized spacial score (nSPS) is 17.9. The number of carboxylic acids is 1. The Morgan fingerprint density at radius 1 is 1.18 bits per heavy atom. The molecule has 1 aliphatic heterocycles. The van der Waals surface area contributed by atoms with Crippen molar-refractivity contribution in [2.24, 2.45) is 0 Å². The lowest BCUT2D eigenvalue weighted by atomic mass is 10.1. The Morgan fingerprint density at radius 2 is 1.82 bits per heavy atom. The van der Waals surface area contributed by atoms with Gasteiger partial charge in [-0.3, -0.25) is 14.4 Å². The molecule has 0 unspecified atom stereocenters. The predicted octanol–water partition coefficient (Wildman–Crippen LogP) is 2.97. The summed E-state index contributed by atoms with van der Waals surface area (Å²) in [5.41, 5.74) is 0.324. The van der Waals surface area contributed by atoms with E-state index in [1.807, 2.05) is 0 Å². The third kappa shape index (κ3) is 5.52. The number of halogens is 2. The van der Waals surface area contributed by atoms with Crippen LogP contribution in [0.2, 0.25) is 10.0 Å². The number of sulfonamides is 1. The fourth-order valence-corrected chi connectivity index (χ4v) is 5.27. The molecule has 1 aliphatic rings. The molecule has 3 rings (SSSR count). The van der Waals surface area contributed by atoms with E-state index in [0.717, 1.165) is 0 Å². The molecular formula is C22H20Cl2N2O7S. The Labute approximate surface area is 206 Å². The Morgan fingerprint density at radius 3 is 2.44 bits per heavy atom. The maximum Gasteiger partial charge on any atom is 0.303 e. The van der Waals surface area contributed by atoms with Crippen molar-refractivity contribution in [1.82, 2.24) is 9.62 Å². The maximum atomic E-state index is 13.6. The summed E-state index contributed by atoms with van der Waals surface area (Å²) in [4.78, 5) is 37.3. The van der Waals surface area contributed by atoms with Crippen LogP contribution in [0.3, 0.4) is 0 Å². The first-order valence-electron chi connectivity index (χ1n) is 9.92. The average molecular weight is 527 g/mol. The lowest BCUT2D eigenvalue weighted by molar-refractivity contribution is -0.138. The summed E-state index contributed by atoms with van der Waals surface area (Å²) >= 11 is 11.9. The largest absolute Gasteiger partial charge is 0.496 e. The number of amides is 2. The molecule has 1 fully saturated rings. The fraction of sp³-hybridized carbons (Fsp3) is 0.227. The first kappa shape index (κ1) is 25.5. The van der Waals surface area contributed by atoms with Crippen molar-refractivity contribution in [3.05, 3.63) is 63.6 Å². The van der Waals surface area contributed by atoms with Crippen molar-refractivity contribution in [1.29, 1.82) is 0 Å². The topological polar surface area (TPSA) is 130 Å². The van der Waals surface area contributed by atoms with Gasteiger partial charge >= 0.3 is 5.97 Å². The van der Waals surface area contributed by atoms with Crippen molar-refractivity contribution in [3.8, 4) is 5.75 Å². The van der Waals surface area contributed by atoms with Gasteiger partial charge < -0.3 is 15.2 Å². The maximum absolute atomic E-state index is 13.6. The number of ether oxygens (including phenoxy) is 1. The summed E-state index contributed by atoms with van der Waals surface area (Å²) in [6.07, 6.45) is 0.434. The van der Waals surface area contributed by atoms with E-state index in [-0.39, 0.29) is 22.0 Å². The van der Waals surface area contributed by atoms with E-state index in [2.05, 4.69) is 5.32 Å². The van der Waals surface area contributed by atoms with Gasteiger partial charge in [0.05, 0.1) is 12.0 Å². The van der Waals surface area contributed by atoms with Crippen LogP contribution in [0.5, 0.6) is 5.75 Å². The minimum absolute atomic E-state index is 0.0655. The molecule has 0 aliphatic carbocycles. The fourth-order valence-electron chi connectivity index (χ4n) is 3.39. The number of hydrogen-bond donors (Lipinski definition) is 2. The van der Waals surface area contributed by atoms with Gasteiger partial charge in [-0.05, 0) is 55.0 Å². The minimum Gasteiger partial charge on any atom is -0.496 e. The van der Waals surface area contributed by atoms with Gasteiger partial charge in [0.1, 0.15) is 11.8 Å². The SMILES string of the molecule is COc1ccc(Cl)cc1C=C1CNC(=O)[C@@H](CCC(=O)O)N(S(=O)(=O)c2ccc(Cl)cc2)C1=O. The second kappa shape index (κ2) is 10.5. The van der Waals surface area contributed by atoms with Crippen LogP contribution in [-0.4, -0.2) is 55.3 Å². The zero-order valence-corrected chi connectivity index (χ0v) is 20.2. The number of nitrogens with one attached hydrogen (secondary N) is 1. The standard InChI is InChI=1S/C22H20Cl2N2O7S/c1-33-19-8-4-16(24)11-13(19)10-14-12-25-21(29)18(7-9-20(27)28)26(22(14)30)34(31,32)17-5-2-15(23)3-6-17/h2-6,8,10-11,18H,7,9,12H2,1H3,(H,25,29)(H,27,28)/t18-/m1/s1. The van der Waals surface area contributed by atoms with Crippen molar-refractivity contribution in [2.75, 3.05) is 13.7 Å². The third-order valence-corrected chi connectivity index (χ3v) is 7.33. The highest BCUT2D eigenvalue weighted by Crippen LogP contribution is 2.29. The second-order valence-electron chi connectivity index (χ2n) is 7.28. The molecule has 0 radical (unpaired) electrons. The van der Waals surface area contributed by atoms with Crippen LogP contribution in [0, 0.1) is 0 Å². The van der Waals surface area contributed by atoms with Gasteiger partial charge in [-0.15, -0.1) is 0 Å². The molecule has 180 valence electrons. The van der Waals surface area contributed by atoms with Crippen molar-refractivity contribution >= 4 is 57.1 Å². The highest BCUT2D eigenvalue weighted by molar-refractivity contribution is 7.89. The number of rotatable bonds is 7. The molecule has 0 saturated carbocycles. The first-order valence-corrected chi connectivity index (χ1v) is 12.1. The molecule has 12 heteroatoms.